The monoisotopic (exact) mass is 385 g/mol. The third-order valence-corrected chi connectivity index (χ3v) is 4.21. The van der Waals surface area contributed by atoms with Crippen molar-refractivity contribution in [3.63, 3.8) is 0 Å². The van der Waals surface area contributed by atoms with Gasteiger partial charge in [0.1, 0.15) is 0 Å². The highest BCUT2D eigenvalue weighted by Crippen LogP contribution is 2.22. The Morgan fingerprint density at radius 2 is 2.04 bits per heavy atom. The van der Waals surface area contributed by atoms with Crippen molar-refractivity contribution in [1.29, 1.82) is 0 Å². The number of likely N-dealkylation sites (tertiary alicyclic amines) is 1. The number of rotatable bonds is 7. The van der Waals surface area contributed by atoms with E-state index >= 15 is 0 Å². The predicted octanol–water partition coefficient (Wildman–Crippen LogP) is 2.27. The number of nitrogens with zero attached hydrogens (tertiary/aromatic N) is 1. The number of carbonyl (C=O) groups excluding carboxylic acids is 1. The van der Waals surface area contributed by atoms with Crippen molar-refractivity contribution in [2.24, 2.45) is 5.92 Å². The van der Waals surface area contributed by atoms with Gasteiger partial charge in [0.05, 0.1) is 25.4 Å². The number of methoxy groups -OCH3 is 1. The molecule has 0 aliphatic carbocycles. The molecule has 0 bridgehead atoms. The number of hydrogen-bond acceptors (Lipinski definition) is 4. The molecule has 1 amide bonds. The molecule has 0 saturated carbocycles. The van der Waals surface area contributed by atoms with Crippen LogP contribution in [-0.2, 0) is 9.47 Å². The molecule has 1 heterocycles. The number of amides is 1. The Balaban J connectivity index is 1.95. The Hall–Kier alpha value is -1.44. The molecule has 1 aromatic rings. The summed E-state index contributed by atoms with van der Waals surface area (Å²) in [4.78, 5) is 25.4. The van der Waals surface area contributed by atoms with Crippen LogP contribution in [0.5, 0.6) is 0 Å². The fraction of sp³-hybridized carbons (Fsp3) is 0.500. The van der Waals surface area contributed by atoms with Gasteiger partial charge in [-0.15, -0.1) is 0 Å². The van der Waals surface area contributed by atoms with Crippen LogP contribution >= 0.6 is 15.9 Å². The number of aromatic carboxylic acids is 1. The Morgan fingerprint density at radius 1 is 1.30 bits per heavy atom. The second-order valence-electron chi connectivity index (χ2n) is 5.51. The zero-order valence-electron chi connectivity index (χ0n) is 13.0. The summed E-state index contributed by atoms with van der Waals surface area (Å²) in [5, 5.41) is 9.09. The normalized spacial score (nSPS) is 17.5. The lowest BCUT2D eigenvalue weighted by molar-refractivity contribution is 0.0515. The molecule has 0 radical (unpaired) electrons. The van der Waals surface area contributed by atoms with Gasteiger partial charge in [0.15, 0.2) is 0 Å². The highest BCUT2D eigenvalue weighted by molar-refractivity contribution is 9.10. The molecule has 23 heavy (non-hydrogen) atoms. The highest BCUT2D eigenvalue weighted by atomic mass is 79.9. The van der Waals surface area contributed by atoms with Gasteiger partial charge in [-0.3, -0.25) is 4.79 Å². The van der Waals surface area contributed by atoms with E-state index in [9.17, 15) is 9.59 Å². The standard InChI is InChI=1S/C16H20BrNO5/c1-22-4-5-23-10-11-2-3-18(9-11)15(19)12-6-13(16(20)21)8-14(17)7-12/h6-8,11H,2-5,9-10H2,1H3,(H,20,21). The van der Waals surface area contributed by atoms with Crippen LogP contribution in [0.25, 0.3) is 0 Å². The maximum atomic E-state index is 12.5. The van der Waals surface area contributed by atoms with Crippen molar-refractivity contribution in [2.45, 2.75) is 6.42 Å². The van der Waals surface area contributed by atoms with Crippen LogP contribution in [0.1, 0.15) is 27.1 Å². The smallest absolute Gasteiger partial charge is 0.335 e. The molecule has 1 aliphatic rings. The lowest BCUT2D eigenvalue weighted by atomic mass is 10.1. The molecule has 7 heteroatoms. The fourth-order valence-corrected chi connectivity index (χ4v) is 3.06. The minimum Gasteiger partial charge on any atom is -0.478 e. The largest absolute Gasteiger partial charge is 0.478 e. The van der Waals surface area contributed by atoms with E-state index in [0.29, 0.717) is 48.9 Å². The van der Waals surface area contributed by atoms with Crippen LogP contribution in [0.2, 0.25) is 0 Å². The Morgan fingerprint density at radius 3 is 2.74 bits per heavy atom. The van der Waals surface area contributed by atoms with Crippen molar-refractivity contribution in [3.05, 3.63) is 33.8 Å². The van der Waals surface area contributed by atoms with Crippen molar-refractivity contribution >= 4 is 27.8 Å². The molecular formula is C16H20BrNO5. The van der Waals surface area contributed by atoms with E-state index in [2.05, 4.69) is 15.9 Å². The molecule has 126 valence electrons. The number of ether oxygens (including phenoxy) is 2. The fourth-order valence-electron chi connectivity index (χ4n) is 2.56. The number of carbonyl (C=O) groups is 2. The van der Waals surface area contributed by atoms with E-state index in [4.69, 9.17) is 14.6 Å². The molecular weight excluding hydrogens is 366 g/mol. The topological polar surface area (TPSA) is 76.1 Å². The van der Waals surface area contributed by atoms with Gasteiger partial charge < -0.3 is 19.5 Å². The second-order valence-corrected chi connectivity index (χ2v) is 6.42. The van der Waals surface area contributed by atoms with Gasteiger partial charge in [-0.25, -0.2) is 4.79 Å². The van der Waals surface area contributed by atoms with Crippen molar-refractivity contribution < 1.29 is 24.2 Å². The molecule has 1 atom stereocenters. The number of hydrogen-bond donors (Lipinski definition) is 1. The van der Waals surface area contributed by atoms with Crippen LogP contribution in [0, 0.1) is 5.92 Å². The van der Waals surface area contributed by atoms with Crippen molar-refractivity contribution in [1.82, 2.24) is 4.90 Å². The van der Waals surface area contributed by atoms with E-state index in [1.54, 1.807) is 18.1 Å². The summed E-state index contributed by atoms with van der Waals surface area (Å²) in [5.74, 6) is -0.888. The van der Waals surface area contributed by atoms with E-state index in [1.807, 2.05) is 0 Å². The minimum absolute atomic E-state index is 0.0985. The molecule has 2 rings (SSSR count). The maximum absolute atomic E-state index is 12.5. The molecule has 1 N–H and O–H groups in total. The van der Waals surface area contributed by atoms with Crippen LogP contribution in [0.3, 0.4) is 0 Å². The second kappa shape index (κ2) is 8.42. The van der Waals surface area contributed by atoms with Crippen LogP contribution in [0.4, 0.5) is 0 Å². The summed E-state index contributed by atoms with van der Waals surface area (Å²) < 4.78 is 11.0. The number of benzene rings is 1. The summed E-state index contributed by atoms with van der Waals surface area (Å²) in [7, 11) is 1.63. The summed E-state index contributed by atoms with van der Waals surface area (Å²) in [6.45, 7) is 3.00. The third-order valence-electron chi connectivity index (χ3n) is 3.75. The van der Waals surface area contributed by atoms with Gasteiger partial charge >= 0.3 is 5.97 Å². The number of carboxylic acid groups (broad SMARTS) is 1. The van der Waals surface area contributed by atoms with Crippen LogP contribution in [0.15, 0.2) is 22.7 Å². The van der Waals surface area contributed by atoms with E-state index < -0.39 is 5.97 Å². The molecule has 1 fully saturated rings. The van der Waals surface area contributed by atoms with Gasteiger partial charge in [0.25, 0.3) is 5.91 Å². The molecule has 1 aliphatic heterocycles. The molecule has 6 nitrogen and oxygen atoms in total. The van der Waals surface area contributed by atoms with Gasteiger partial charge in [-0.1, -0.05) is 15.9 Å². The molecule has 1 unspecified atom stereocenters. The van der Waals surface area contributed by atoms with E-state index in [0.717, 1.165) is 6.42 Å². The molecule has 1 aromatic carbocycles. The minimum atomic E-state index is -1.05. The Labute approximate surface area is 143 Å². The highest BCUT2D eigenvalue weighted by Gasteiger charge is 2.27. The predicted molar refractivity (Wildman–Crippen MR) is 87.8 cm³/mol. The zero-order chi connectivity index (χ0) is 16.8. The SMILES string of the molecule is COCCOCC1CCN(C(=O)c2cc(Br)cc(C(=O)O)c2)C1. The Kier molecular flexibility index (Phi) is 6.56. The van der Waals surface area contributed by atoms with Crippen LogP contribution < -0.4 is 0 Å². The maximum Gasteiger partial charge on any atom is 0.335 e. The first kappa shape index (κ1) is 17.9. The first-order chi connectivity index (χ1) is 11.0. The number of halogens is 1. The molecule has 0 aromatic heterocycles. The molecule has 1 saturated heterocycles. The summed E-state index contributed by atoms with van der Waals surface area (Å²) in [6.07, 6.45) is 0.887. The van der Waals surface area contributed by atoms with Crippen molar-refractivity contribution in [2.75, 3.05) is 40.0 Å². The quantitative estimate of drug-likeness (QED) is 0.728. The summed E-state index contributed by atoms with van der Waals surface area (Å²) >= 11 is 3.25. The molecule has 0 spiro atoms. The van der Waals surface area contributed by atoms with Gasteiger partial charge in [-0.05, 0) is 24.6 Å². The lowest BCUT2D eigenvalue weighted by Gasteiger charge is -2.17. The average molecular weight is 386 g/mol. The first-order valence-corrected chi connectivity index (χ1v) is 8.20. The summed E-state index contributed by atoms with van der Waals surface area (Å²) in [5.41, 5.74) is 0.485. The van der Waals surface area contributed by atoms with E-state index in [1.165, 1.54) is 12.1 Å². The lowest BCUT2D eigenvalue weighted by Crippen LogP contribution is -2.29. The van der Waals surface area contributed by atoms with Gasteiger partial charge in [-0.2, -0.15) is 0 Å². The average Bonchev–Trinajstić information content (AvgIpc) is 2.99. The number of carboxylic acids is 1. The van der Waals surface area contributed by atoms with Crippen LogP contribution in [-0.4, -0.2) is 61.9 Å². The summed E-state index contributed by atoms with van der Waals surface area (Å²) in [6, 6.07) is 4.55. The van der Waals surface area contributed by atoms with Gasteiger partial charge in [0.2, 0.25) is 0 Å². The first-order valence-electron chi connectivity index (χ1n) is 7.41. The van der Waals surface area contributed by atoms with Gasteiger partial charge in [0, 0.05) is 36.2 Å². The zero-order valence-corrected chi connectivity index (χ0v) is 14.5. The Bertz CT molecular complexity index is 578. The van der Waals surface area contributed by atoms with Crippen molar-refractivity contribution in [3.8, 4) is 0 Å². The third kappa shape index (κ3) is 5.02. The van der Waals surface area contributed by atoms with E-state index in [-0.39, 0.29) is 11.5 Å².